The number of amides is 2. The molecule has 0 radical (unpaired) electrons. The number of methoxy groups -OCH3 is 1. The molecule has 1 unspecified atom stereocenters. The quantitative estimate of drug-likeness (QED) is 0.422. The smallest absolute Gasteiger partial charge is 0.293 e. The highest BCUT2D eigenvalue weighted by Crippen LogP contribution is 2.47. The molecule has 1 atom stereocenters. The number of hydrogen-bond acceptors (Lipinski definition) is 5. The predicted molar refractivity (Wildman–Crippen MR) is 163 cm³/mol. The monoisotopic (exact) mass is 574 g/mol. The lowest BCUT2D eigenvalue weighted by Crippen LogP contribution is -2.42. The lowest BCUT2D eigenvalue weighted by molar-refractivity contribution is -0.126. The molecule has 1 aromatic heterocycles. The summed E-state index contributed by atoms with van der Waals surface area (Å²) >= 11 is -1.65. The predicted octanol–water partition coefficient (Wildman–Crippen LogP) is 5.25. The van der Waals surface area contributed by atoms with Gasteiger partial charge in [-0.05, 0) is 79.1 Å². The number of likely N-dealkylation sites (N-methyl/N-ethyl adjacent to an activating group) is 1. The zero-order valence-corrected chi connectivity index (χ0v) is 24.9. The number of carbonyl (C=O) groups excluding carboxylic acids is 2. The van der Waals surface area contributed by atoms with E-state index in [1.165, 1.54) is 24.8 Å². The Morgan fingerprint density at radius 2 is 1.76 bits per heavy atom. The third-order valence-corrected chi connectivity index (χ3v) is 9.96. The summed E-state index contributed by atoms with van der Waals surface area (Å²) in [4.78, 5) is 29.0. The van der Waals surface area contributed by atoms with Crippen molar-refractivity contribution in [3.05, 3.63) is 58.7 Å². The minimum atomic E-state index is -1.65. The van der Waals surface area contributed by atoms with Crippen molar-refractivity contribution in [2.75, 3.05) is 34.3 Å². The molecule has 0 saturated heterocycles. The van der Waals surface area contributed by atoms with Gasteiger partial charge in [-0.1, -0.05) is 25.3 Å². The Morgan fingerprint density at radius 3 is 2.54 bits per heavy atom. The third-order valence-electron chi connectivity index (χ3n) is 8.85. The Morgan fingerprint density at radius 1 is 0.976 bits per heavy atom. The van der Waals surface area contributed by atoms with Gasteiger partial charge in [0.25, 0.3) is 11.8 Å². The van der Waals surface area contributed by atoms with Crippen molar-refractivity contribution in [3.8, 4) is 17.0 Å². The summed E-state index contributed by atoms with van der Waals surface area (Å²) in [6.07, 6.45) is 9.41. The molecular formula is C32H38N4O4S. The van der Waals surface area contributed by atoms with Crippen LogP contribution in [-0.4, -0.2) is 64.4 Å². The van der Waals surface area contributed by atoms with Crippen molar-refractivity contribution in [2.45, 2.75) is 57.4 Å². The van der Waals surface area contributed by atoms with Gasteiger partial charge in [0.1, 0.15) is 5.75 Å². The third kappa shape index (κ3) is 5.27. The number of hydrogen-bond donors (Lipinski definition) is 1. The van der Waals surface area contributed by atoms with Crippen LogP contribution in [0.2, 0.25) is 0 Å². The summed E-state index contributed by atoms with van der Waals surface area (Å²) in [5.41, 5.74) is 6.53. The number of fused-ring (bicyclic) bond motifs is 4. The first-order valence-electron chi connectivity index (χ1n) is 14.6. The molecule has 8 nitrogen and oxygen atoms in total. The van der Waals surface area contributed by atoms with Crippen LogP contribution in [0.25, 0.3) is 28.2 Å². The zero-order valence-electron chi connectivity index (χ0n) is 24.1. The van der Waals surface area contributed by atoms with E-state index in [-0.39, 0.29) is 11.8 Å². The fraction of sp³-hybridized carbons (Fsp3) is 0.438. The summed E-state index contributed by atoms with van der Waals surface area (Å²) < 4.78 is 25.0. The van der Waals surface area contributed by atoms with Crippen molar-refractivity contribution in [1.29, 1.82) is 0 Å². The number of rotatable bonds is 2. The molecular weight excluding hydrogens is 536 g/mol. The molecule has 3 heterocycles. The SMILES string of the molecule is COc1ccc2c(c1)C=C1Cn3c-2c(C2CCCCC2)c2ccc(cc23)C(=O)N[S+]([O-])N(C)CCCCN(C)C1=O. The Labute approximate surface area is 244 Å². The number of carbonyl (C=O) groups is 2. The maximum absolute atomic E-state index is 13.9. The molecule has 216 valence electrons. The molecule has 2 amide bonds. The van der Waals surface area contributed by atoms with Crippen LogP contribution in [0.5, 0.6) is 5.75 Å². The topological polar surface area (TPSA) is 89.9 Å². The lowest BCUT2D eigenvalue weighted by Gasteiger charge is -2.24. The second-order valence-corrected chi connectivity index (χ2v) is 12.8. The van der Waals surface area contributed by atoms with E-state index in [2.05, 4.69) is 15.4 Å². The van der Waals surface area contributed by atoms with Crippen LogP contribution in [0.4, 0.5) is 0 Å². The maximum Gasteiger partial charge on any atom is 0.293 e. The van der Waals surface area contributed by atoms with Crippen LogP contribution >= 0.6 is 0 Å². The number of nitrogens with zero attached hydrogens (tertiary/aromatic N) is 3. The van der Waals surface area contributed by atoms with Crippen molar-refractivity contribution >= 4 is 40.3 Å². The van der Waals surface area contributed by atoms with E-state index in [1.54, 1.807) is 23.4 Å². The Hall–Kier alpha value is -3.27. The molecule has 1 aliphatic carbocycles. The summed E-state index contributed by atoms with van der Waals surface area (Å²) in [5, 5.41) is 1.12. The van der Waals surface area contributed by atoms with Crippen LogP contribution in [0.1, 0.15) is 72.3 Å². The molecule has 1 saturated carbocycles. The van der Waals surface area contributed by atoms with E-state index in [0.717, 1.165) is 59.2 Å². The number of ether oxygens (including phenoxy) is 1. The second-order valence-electron chi connectivity index (χ2n) is 11.5. The summed E-state index contributed by atoms with van der Waals surface area (Å²) in [5.74, 6) is 0.764. The van der Waals surface area contributed by atoms with E-state index in [9.17, 15) is 14.1 Å². The zero-order chi connectivity index (χ0) is 28.7. The van der Waals surface area contributed by atoms with Gasteiger partial charge in [0, 0.05) is 54.8 Å². The van der Waals surface area contributed by atoms with Crippen molar-refractivity contribution < 1.29 is 18.9 Å². The Bertz CT molecular complexity index is 1520. The molecule has 6 rings (SSSR count). The molecule has 2 aliphatic heterocycles. The van der Waals surface area contributed by atoms with E-state index in [4.69, 9.17) is 4.74 Å². The normalized spacial score (nSPS) is 21.1. The van der Waals surface area contributed by atoms with E-state index >= 15 is 0 Å². The molecule has 0 spiro atoms. The average Bonchev–Trinajstić information content (AvgIpc) is 3.20. The van der Waals surface area contributed by atoms with Gasteiger partial charge >= 0.3 is 0 Å². The summed E-state index contributed by atoms with van der Waals surface area (Å²) in [6.45, 7) is 1.53. The van der Waals surface area contributed by atoms with Crippen LogP contribution in [0.15, 0.2) is 42.0 Å². The molecule has 3 aliphatic rings. The van der Waals surface area contributed by atoms with Crippen molar-refractivity contribution in [3.63, 3.8) is 0 Å². The summed E-state index contributed by atoms with van der Waals surface area (Å²) in [7, 11) is 5.25. The number of nitrogens with one attached hydrogen (secondary N) is 1. The number of aromatic nitrogens is 1. The van der Waals surface area contributed by atoms with Gasteiger partial charge in [0.15, 0.2) is 11.5 Å². The second kappa shape index (κ2) is 11.5. The highest BCUT2D eigenvalue weighted by Gasteiger charge is 2.31. The molecule has 1 fully saturated rings. The minimum Gasteiger partial charge on any atom is -0.573 e. The first-order chi connectivity index (χ1) is 19.9. The lowest BCUT2D eigenvalue weighted by atomic mass is 9.81. The van der Waals surface area contributed by atoms with E-state index in [0.29, 0.717) is 36.7 Å². The van der Waals surface area contributed by atoms with Crippen LogP contribution in [0, 0.1) is 0 Å². The number of benzene rings is 2. The summed E-state index contributed by atoms with van der Waals surface area (Å²) in [6, 6.07) is 11.9. The van der Waals surface area contributed by atoms with Crippen LogP contribution in [0.3, 0.4) is 0 Å². The van der Waals surface area contributed by atoms with Crippen molar-refractivity contribution in [1.82, 2.24) is 18.5 Å². The molecule has 4 bridgehead atoms. The first-order valence-corrected chi connectivity index (χ1v) is 15.7. The van der Waals surface area contributed by atoms with Gasteiger partial charge < -0.3 is 18.8 Å². The van der Waals surface area contributed by atoms with Gasteiger partial charge in [-0.25, -0.2) is 0 Å². The molecule has 9 heteroatoms. The highest BCUT2D eigenvalue weighted by molar-refractivity contribution is 7.87. The highest BCUT2D eigenvalue weighted by atomic mass is 32.2. The van der Waals surface area contributed by atoms with Crippen molar-refractivity contribution in [2.24, 2.45) is 0 Å². The van der Waals surface area contributed by atoms with Gasteiger partial charge in [-0.15, -0.1) is 9.03 Å². The molecule has 41 heavy (non-hydrogen) atoms. The average molecular weight is 575 g/mol. The fourth-order valence-corrected chi connectivity index (χ4v) is 7.37. The molecule has 2 aromatic carbocycles. The first kappa shape index (κ1) is 27.9. The standard InChI is InChI=1S/C32H38N4O4S/c1-34-15-7-8-16-35(2)41(39)33-31(37)22-11-13-27-28(19-22)36-20-24(32(34)38)17-23-18-25(40-3)12-14-26(23)30(36)29(27)21-9-5-4-6-10-21/h11-14,17-19,21H,4-10,15-16,20H2,1-3H3,(H,33,37). The van der Waals surface area contributed by atoms with Crippen LogP contribution < -0.4 is 9.46 Å². The Balaban J connectivity index is 1.61. The van der Waals surface area contributed by atoms with Crippen LogP contribution in [-0.2, 0) is 22.9 Å². The largest absolute Gasteiger partial charge is 0.573 e. The van der Waals surface area contributed by atoms with Gasteiger partial charge in [-0.2, -0.15) is 0 Å². The van der Waals surface area contributed by atoms with E-state index < -0.39 is 11.5 Å². The van der Waals surface area contributed by atoms with E-state index in [1.807, 2.05) is 43.5 Å². The van der Waals surface area contributed by atoms with Gasteiger partial charge in [-0.3, -0.25) is 9.59 Å². The minimum absolute atomic E-state index is 0.00870. The van der Waals surface area contributed by atoms with Gasteiger partial charge in [0.2, 0.25) is 0 Å². The molecule has 1 N–H and O–H groups in total. The molecule has 3 aromatic rings. The fourth-order valence-electron chi connectivity index (χ4n) is 6.64. The van der Waals surface area contributed by atoms with Gasteiger partial charge in [0.05, 0.1) is 19.3 Å². The maximum atomic E-state index is 13.9. The Kier molecular flexibility index (Phi) is 7.85.